The third-order valence-corrected chi connectivity index (χ3v) is 4.55. The lowest BCUT2D eigenvalue weighted by molar-refractivity contribution is 0.0935. The quantitative estimate of drug-likeness (QED) is 0.864. The summed E-state index contributed by atoms with van der Waals surface area (Å²) in [6.45, 7) is 3.78. The van der Waals surface area contributed by atoms with E-state index in [2.05, 4.69) is 24.9 Å². The van der Waals surface area contributed by atoms with Crippen LogP contribution in [0, 0.1) is 5.92 Å². The van der Waals surface area contributed by atoms with Gasteiger partial charge in [0.25, 0.3) is 0 Å². The molecule has 0 bridgehead atoms. The van der Waals surface area contributed by atoms with Gasteiger partial charge in [0.2, 0.25) is 0 Å². The SMILES string of the molecule is CC(CN(C)Cc1ccc(Cl)s1)C(O)c1ccccc1. The molecular weight excluding hydrogens is 290 g/mol. The monoisotopic (exact) mass is 309 g/mol. The van der Waals surface area contributed by atoms with Crippen molar-refractivity contribution in [1.82, 2.24) is 4.90 Å². The predicted octanol–water partition coefficient (Wildman–Crippen LogP) is 4.20. The highest BCUT2D eigenvalue weighted by Crippen LogP contribution is 2.25. The van der Waals surface area contributed by atoms with Gasteiger partial charge in [-0.2, -0.15) is 0 Å². The standard InChI is InChI=1S/C16H20ClNOS/c1-12(16(19)13-6-4-3-5-7-13)10-18(2)11-14-8-9-15(17)20-14/h3-9,12,16,19H,10-11H2,1-2H3. The molecule has 1 aromatic carbocycles. The molecule has 2 aromatic rings. The Balaban J connectivity index is 1.88. The largest absolute Gasteiger partial charge is 0.388 e. The zero-order valence-corrected chi connectivity index (χ0v) is 13.4. The first-order chi connectivity index (χ1) is 9.56. The first-order valence-electron chi connectivity index (χ1n) is 6.72. The van der Waals surface area contributed by atoms with Crippen LogP contribution in [-0.2, 0) is 6.54 Å². The zero-order valence-electron chi connectivity index (χ0n) is 11.8. The minimum absolute atomic E-state index is 0.179. The maximum Gasteiger partial charge on any atom is 0.0931 e. The van der Waals surface area contributed by atoms with Crippen LogP contribution >= 0.6 is 22.9 Å². The van der Waals surface area contributed by atoms with E-state index in [-0.39, 0.29) is 5.92 Å². The Morgan fingerprint density at radius 2 is 1.90 bits per heavy atom. The number of thiophene rings is 1. The van der Waals surface area contributed by atoms with Crippen LogP contribution in [0.2, 0.25) is 4.34 Å². The Hall–Kier alpha value is -0.870. The van der Waals surface area contributed by atoms with Gasteiger partial charge < -0.3 is 10.0 Å². The van der Waals surface area contributed by atoms with E-state index in [0.717, 1.165) is 23.0 Å². The Morgan fingerprint density at radius 3 is 2.50 bits per heavy atom. The lowest BCUT2D eigenvalue weighted by Gasteiger charge is -2.25. The highest BCUT2D eigenvalue weighted by atomic mass is 35.5. The Morgan fingerprint density at radius 1 is 1.20 bits per heavy atom. The minimum atomic E-state index is -0.425. The van der Waals surface area contributed by atoms with Gasteiger partial charge in [0, 0.05) is 18.0 Å². The molecule has 0 aliphatic carbocycles. The van der Waals surface area contributed by atoms with E-state index in [4.69, 9.17) is 11.6 Å². The summed E-state index contributed by atoms with van der Waals surface area (Å²) < 4.78 is 0.825. The van der Waals surface area contributed by atoms with Crippen molar-refractivity contribution in [3.05, 3.63) is 57.2 Å². The molecule has 0 radical (unpaired) electrons. The second-order valence-electron chi connectivity index (χ2n) is 5.24. The van der Waals surface area contributed by atoms with Crippen LogP contribution in [0.3, 0.4) is 0 Å². The summed E-state index contributed by atoms with van der Waals surface area (Å²) >= 11 is 7.55. The van der Waals surface area contributed by atoms with Crippen molar-refractivity contribution in [3.63, 3.8) is 0 Å². The van der Waals surface area contributed by atoms with Gasteiger partial charge in [0.05, 0.1) is 10.4 Å². The maximum absolute atomic E-state index is 10.4. The average molecular weight is 310 g/mol. The van der Waals surface area contributed by atoms with Gasteiger partial charge in [0.15, 0.2) is 0 Å². The molecule has 0 spiro atoms. The van der Waals surface area contributed by atoms with Crippen molar-refractivity contribution in [3.8, 4) is 0 Å². The summed E-state index contributed by atoms with van der Waals surface area (Å²) in [5, 5.41) is 10.4. The van der Waals surface area contributed by atoms with Gasteiger partial charge in [-0.25, -0.2) is 0 Å². The van der Waals surface area contributed by atoms with Crippen molar-refractivity contribution < 1.29 is 5.11 Å². The second kappa shape index (κ2) is 7.23. The lowest BCUT2D eigenvalue weighted by atomic mass is 9.97. The van der Waals surface area contributed by atoms with Gasteiger partial charge in [-0.15, -0.1) is 11.3 Å². The molecule has 2 nitrogen and oxygen atoms in total. The topological polar surface area (TPSA) is 23.5 Å². The molecule has 108 valence electrons. The van der Waals surface area contributed by atoms with Crippen molar-refractivity contribution in [2.75, 3.05) is 13.6 Å². The van der Waals surface area contributed by atoms with E-state index in [1.807, 2.05) is 36.4 Å². The van der Waals surface area contributed by atoms with Gasteiger partial charge in [-0.1, -0.05) is 48.9 Å². The summed E-state index contributed by atoms with van der Waals surface area (Å²) in [5.41, 5.74) is 0.979. The molecule has 20 heavy (non-hydrogen) atoms. The van der Waals surface area contributed by atoms with Crippen LogP contribution < -0.4 is 0 Å². The normalized spacial score (nSPS) is 14.4. The summed E-state index contributed by atoms with van der Waals surface area (Å²) in [4.78, 5) is 3.47. The second-order valence-corrected chi connectivity index (χ2v) is 7.04. The molecule has 2 rings (SSSR count). The zero-order chi connectivity index (χ0) is 14.5. The van der Waals surface area contributed by atoms with E-state index < -0.39 is 6.10 Å². The van der Waals surface area contributed by atoms with E-state index in [9.17, 15) is 5.11 Å². The van der Waals surface area contributed by atoms with E-state index in [1.165, 1.54) is 4.88 Å². The number of nitrogens with zero attached hydrogens (tertiary/aromatic N) is 1. The average Bonchev–Trinajstić information content (AvgIpc) is 2.84. The van der Waals surface area contributed by atoms with E-state index in [0.29, 0.717) is 0 Å². The fourth-order valence-electron chi connectivity index (χ4n) is 2.34. The molecule has 0 aliphatic heterocycles. The predicted molar refractivity (Wildman–Crippen MR) is 86.2 cm³/mol. The number of aliphatic hydroxyl groups excluding tert-OH is 1. The number of rotatable bonds is 6. The van der Waals surface area contributed by atoms with Crippen molar-refractivity contribution in [2.45, 2.75) is 19.6 Å². The first kappa shape index (κ1) is 15.5. The van der Waals surface area contributed by atoms with E-state index in [1.54, 1.807) is 11.3 Å². The number of halogens is 1. The molecule has 4 heteroatoms. The van der Waals surface area contributed by atoms with Crippen molar-refractivity contribution in [2.24, 2.45) is 5.92 Å². The summed E-state index contributed by atoms with van der Waals surface area (Å²) in [7, 11) is 2.07. The van der Waals surface area contributed by atoms with Crippen LogP contribution in [0.1, 0.15) is 23.5 Å². The molecule has 0 saturated heterocycles. The van der Waals surface area contributed by atoms with E-state index >= 15 is 0 Å². The molecule has 2 atom stereocenters. The molecule has 2 unspecified atom stereocenters. The molecular formula is C16H20ClNOS. The van der Waals surface area contributed by atoms with Gasteiger partial charge in [-0.3, -0.25) is 0 Å². The first-order valence-corrected chi connectivity index (χ1v) is 7.91. The van der Waals surface area contributed by atoms with Crippen molar-refractivity contribution in [1.29, 1.82) is 0 Å². The fourth-order valence-corrected chi connectivity index (χ4v) is 3.51. The molecule has 1 aromatic heterocycles. The number of benzene rings is 1. The van der Waals surface area contributed by atoms with Gasteiger partial charge in [0.1, 0.15) is 0 Å². The number of hydrogen-bond acceptors (Lipinski definition) is 3. The third-order valence-electron chi connectivity index (χ3n) is 3.33. The fraction of sp³-hybridized carbons (Fsp3) is 0.375. The van der Waals surface area contributed by atoms with Crippen LogP contribution in [0.4, 0.5) is 0 Å². The summed E-state index contributed by atoms with van der Waals surface area (Å²) in [5.74, 6) is 0.179. The van der Waals surface area contributed by atoms with Crippen LogP contribution in [0.15, 0.2) is 42.5 Å². The van der Waals surface area contributed by atoms with Crippen LogP contribution in [0.25, 0.3) is 0 Å². The number of aliphatic hydroxyl groups is 1. The lowest BCUT2D eigenvalue weighted by Crippen LogP contribution is -2.27. The number of hydrogen-bond donors (Lipinski definition) is 1. The Labute approximate surface area is 129 Å². The molecule has 1 heterocycles. The molecule has 0 amide bonds. The summed E-state index contributed by atoms with van der Waals surface area (Å²) in [6, 6.07) is 13.8. The van der Waals surface area contributed by atoms with Crippen LogP contribution in [0.5, 0.6) is 0 Å². The Bertz CT molecular complexity index is 528. The molecule has 1 N–H and O–H groups in total. The molecule has 0 aliphatic rings. The highest BCUT2D eigenvalue weighted by Gasteiger charge is 2.18. The smallest absolute Gasteiger partial charge is 0.0931 e. The highest BCUT2D eigenvalue weighted by molar-refractivity contribution is 7.16. The van der Waals surface area contributed by atoms with Gasteiger partial charge >= 0.3 is 0 Å². The Kier molecular flexibility index (Phi) is 5.61. The van der Waals surface area contributed by atoms with Crippen molar-refractivity contribution >= 4 is 22.9 Å². The molecule has 0 saturated carbocycles. The minimum Gasteiger partial charge on any atom is -0.388 e. The molecule has 0 fully saturated rings. The third kappa shape index (κ3) is 4.32. The summed E-state index contributed by atoms with van der Waals surface area (Å²) in [6.07, 6.45) is -0.425. The maximum atomic E-state index is 10.4. The van der Waals surface area contributed by atoms with Crippen LogP contribution in [-0.4, -0.2) is 23.6 Å². The van der Waals surface area contributed by atoms with Gasteiger partial charge in [-0.05, 0) is 30.7 Å².